The molecule has 1 heterocycles. The molecule has 0 aliphatic heterocycles. The lowest BCUT2D eigenvalue weighted by molar-refractivity contribution is 0.395. The van der Waals surface area contributed by atoms with Crippen molar-refractivity contribution >= 4 is 23.0 Å². The molecule has 0 amide bonds. The van der Waals surface area contributed by atoms with Gasteiger partial charge in [-0.2, -0.15) is 5.10 Å². The Morgan fingerprint density at radius 1 is 1.17 bits per heavy atom. The Balaban J connectivity index is 2.02. The van der Waals surface area contributed by atoms with Crippen molar-refractivity contribution < 1.29 is 9.47 Å². The molecule has 0 saturated heterocycles. The van der Waals surface area contributed by atoms with Crippen molar-refractivity contribution in [2.24, 2.45) is 7.05 Å². The van der Waals surface area contributed by atoms with E-state index < -0.39 is 0 Å². The van der Waals surface area contributed by atoms with Crippen LogP contribution in [0, 0.1) is 13.8 Å². The Hall–Kier alpha value is -2.28. The summed E-state index contributed by atoms with van der Waals surface area (Å²) in [6.45, 7) is 4.66. The number of benzene rings is 1. The highest BCUT2D eigenvalue weighted by Crippen LogP contribution is 2.25. The summed E-state index contributed by atoms with van der Waals surface area (Å²) >= 11 is 5.36. The smallest absolute Gasteiger partial charge is 0.171 e. The molecule has 0 saturated carbocycles. The molecule has 0 spiro atoms. The fourth-order valence-corrected chi connectivity index (χ4v) is 2.49. The SMILES string of the molecule is COc1cc(NC(=S)NCc2c(C)nn(C)c2C)cc(OC)c1. The van der Waals surface area contributed by atoms with Crippen molar-refractivity contribution in [3.63, 3.8) is 0 Å². The minimum Gasteiger partial charge on any atom is -0.497 e. The van der Waals surface area contributed by atoms with Crippen LogP contribution >= 0.6 is 12.2 Å². The van der Waals surface area contributed by atoms with E-state index in [2.05, 4.69) is 15.7 Å². The molecule has 0 aliphatic carbocycles. The number of nitrogens with zero attached hydrogens (tertiary/aromatic N) is 2. The predicted molar refractivity (Wildman–Crippen MR) is 95.3 cm³/mol. The number of hydrogen-bond donors (Lipinski definition) is 2. The van der Waals surface area contributed by atoms with Gasteiger partial charge in [0.05, 0.1) is 19.9 Å². The average molecular weight is 334 g/mol. The van der Waals surface area contributed by atoms with Gasteiger partial charge in [0, 0.05) is 48.7 Å². The van der Waals surface area contributed by atoms with Gasteiger partial charge in [-0.25, -0.2) is 0 Å². The standard InChI is InChI=1S/C16H22N4O2S/c1-10-15(11(2)20(3)19-10)9-17-16(23)18-12-6-13(21-4)8-14(7-12)22-5/h6-8H,9H2,1-5H3,(H2,17,18,23). The van der Waals surface area contributed by atoms with E-state index in [1.807, 2.05) is 43.8 Å². The lowest BCUT2D eigenvalue weighted by Crippen LogP contribution is -2.28. The summed E-state index contributed by atoms with van der Waals surface area (Å²) in [6.07, 6.45) is 0. The monoisotopic (exact) mass is 334 g/mol. The molecule has 2 rings (SSSR count). The Kier molecular flexibility index (Phi) is 5.44. The van der Waals surface area contributed by atoms with Gasteiger partial charge in [-0.1, -0.05) is 0 Å². The van der Waals surface area contributed by atoms with Gasteiger partial charge in [0.25, 0.3) is 0 Å². The van der Waals surface area contributed by atoms with Crippen molar-refractivity contribution in [1.29, 1.82) is 0 Å². The maximum Gasteiger partial charge on any atom is 0.171 e. The van der Waals surface area contributed by atoms with Crippen LogP contribution in [0.2, 0.25) is 0 Å². The lowest BCUT2D eigenvalue weighted by atomic mass is 10.2. The summed E-state index contributed by atoms with van der Waals surface area (Å²) in [4.78, 5) is 0. The highest BCUT2D eigenvalue weighted by atomic mass is 32.1. The first-order valence-electron chi connectivity index (χ1n) is 7.21. The summed E-state index contributed by atoms with van der Waals surface area (Å²) in [5.74, 6) is 1.40. The van der Waals surface area contributed by atoms with Gasteiger partial charge < -0.3 is 20.1 Å². The first-order valence-corrected chi connectivity index (χ1v) is 7.62. The van der Waals surface area contributed by atoms with Gasteiger partial charge in [-0.3, -0.25) is 4.68 Å². The molecule has 7 heteroatoms. The van der Waals surface area contributed by atoms with E-state index in [9.17, 15) is 0 Å². The van der Waals surface area contributed by atoms with Gasteiger partial charge in [-0.05, 0) is 26.1 Å². The summed E-state index contributed by atoms with van der Waals surface area (Å²) < 4.78 is 12.4. The zero-order valence-corrected chi connectivity index (χ0v) is 14.9. The van der Waals surface area contributed by atoms with E-state index in [4.69, 9.17) is 21.7 Å². The zero-order valence-electron chi connectivity index (χ0n) is 14.1. The molecule has 2 N–H and O–H groups in total. The van der Waals surface area contributed by atoms with Crippen LogP contribution in [-0.2, 0) is 13.6 Å². The van der Waals surface area contributed by atoms with Gasteiger partial charge >= 0.3 is 0 Å². The number of anilines is 1. The lowest BCUT2D eigenvalue weighted by Gasteiger charge is -2.13. The van der Waals surface area contributed by atoms with Crippen LogP contribution in [0.1, 0.15) is 17.0 Å². The fourth-order valence-electron chi connectivity index (χ4n) is 2.30. The number of aryl methyl sites for hydroxylation is 2. The second kappa shape index (κ2) is 7.32. The molecular weight excluding hydrogens is 312 g/mol. The van der Waals surface area contributed by atoms with Crippen LogP contribution in [0.4, 0.5) is 5.69 Å². The third kappa shape index (κ3) is 4.13. The molecule has 0 atom stereocenters. The predicted octanol–water partition coefficient (Wildman–Crippen LogP) is 2.54. The molecule has 2 aromatic rings. The number of nitrogens with one attached hydrogen (secondary N) is 2. The minimum atomic E-state index is 0.531. The van der Waals surface area contributed by atoms with Crippen molar-refractivity contribution in [1.82, 2.24) is 15.1 Å². The quantitative estimate of drug-likeness (QED) is 0.820. The number of ether oxygens (including phenoxy) is 2. The second-order valence-corrected chi connectivity index (χ2v) is 5.59. The minimum absolute atomic E-state index is 0.531. The van der Waals surface area contributed by atoms with Crippen LogP contribution in [0.5, 0.6) is 11.5 Å². The molecule has 0 radical (unpaired) electrons. The van der Waals surface area contributed by atoms with Gasteiger partial charge in [0.2, 0.25) is 0 Å². The molecule has 1 aromatic carbocycles. The molecule has 1 aromatic heterocycles. The van der Waals surface area contributed by atoms with Crippen molar-refractivity contribution in [3.8, 4) is 11.5 Å². The molecule has 0 bridgehead atoms. The highest BCUT2D eigenvalue weighted by molar-refractivity contribution is 7.80. The Labute approximate surface area is 141 Å². The summed E-state index contributed by atoms with van der Waals surface area (Å²) in [7, 11) is 5.16. The van der Waals surface area contributed by atoms with Crippen LogP contribution in [0.3, 0.4) is 0 Å². The normalized spacial score (nSPS) is 10.3. The molecule has 0 unspecified atom stereocenters. The summed E-state index contributed by atoms with van der Waals surface area (Å²) in [5, 5.41) is 11.3. The maximum atomic E-state index is 5.36. The van der Waals surface area contributed by atoms with E-state index in [1.54, 1.807) is 14.2 Å². The number of rotatable bonds is 5. The first kappa shape index (κ1) is 17.1. The average Bonchev–Trinajstić information content (AvgIpc) is 2.77. The summed E-state index contributed by atoms with van der Waals surface area (Å²) in [6, 6.07) is 5.53. The summed E-state index contributed by atoms with van der Waals surface area (Å²) in [5.41, 5.74) is 4.09. The third-order valence-electron chi connectivity index (χ3n) is 3.69. The fraction of sp³-hybridized carbons (Fsp3) is 0.375. The van der Waals surface area contributed by atoms with Crippen LogP contribution in [-0.4, -0.2) is 29.1 Å². The van der Waals surface area contributed by atoms with Crippen LogP contribution in [0.25, 0.3) is 0 Å². The number of thiocarbonyl (C=S) groups is 1. The Morgan fingerprint density at radius 2 is 1.78 bits per heavy atom. The van der Waals surface area contributed by atoms with Crippen molar-refractivity contribution in [2.75, 3.05) is 19.5 Å². The zero-order chi connectivity index (χ0) is 17.0. The van der Waals surface area contributed by atoms with E-state index in [-0.39, 0.29) is 0 Å². The second-order valence-electron chi connectivity index (χ2n) is 5.18. The van der Waals surface area contributed by atoms with Crippen molar-refractivity contribution in [2.45, 2.75) is 20.4 Å². The van der Waals surface area contributed by atoms with E-state index in [0.717, 1.165) is 22.6 Å². The van der Waals surface area contributed by atoms with E-state index in [0.29, 0.717) is 23.2 Å². The van der Waals surface area contributed by atoms with Crippen LogP contribution < -0.4 is 20.1 Å². The number of hydrogen-bond acceptors (Lipinski definition) is 4. The molecular formula is C16H22N4O2S. The largest absolute Gasteiger partial charge is 0.497 e. The Bertz CT molecular complexity index is 690. The molecule has 6 nitrogen and oxygen atoms in total. The van der Waals surface area contributed by atoms with Gasteiger partial charge in [0.1, 0.15) is 11.5 Å². The third-order valence-corrected chi connectivity index (χ3v) is 3.94. The highest BCUT2D eigenvalue weighted by Gasteiger charge is 2.10. The number of aromatic nitrogens is 2. The number of methoxy groups -OCH3 is 2. The maximum absolute atomic E-state index is 5.36. The molecule has 0 fully saturated rings. The molecule has 124 valence electrons. The van der Waals surface area contributed by atoms with Gasteiger partial charge in [0.15, 0.2) is 5.11 Å². The van der Waals surface area contributed by atoms with Crippen LogP contribution in [0.15, 0.2) is 18.2 Å². The van der Waals surface area contributed by atoms with E-state index >= 15 is 0 Å². The Morgan fingerprint density at radius 3 is 2.26 bits per heavy atom. The molecule has 0 aliphatic rings. The van der Waals surface area contributed by atoms with Gasteiger partial charge in [-0.15, -0.1) is 0 Å². The molecule has 23 heavy (non-hydrogen) atoms. The van der Waals surface area contributed by atoms with E-state index in [1.165, 1.54) is 0 Å². The van der Waals surface area contributed by atoms with Crippen molar-refractivity contribution in [3.05, 3.63) is 35.2 Å². The topological polar surface area (TPSA) is 60.3 Å². The first-order chi connectivity index (χ1) is 10.9.